The lowest BCUT2D eigenvalue weighted by molar-refractivity contribution is 0.247. The molecule has 0 saturated heterocycles. The molecule has 0 aliphatic heterocycles. The van der Waals surface area contributed by atoms with Crippen LogP contribution in [0.15, 0.2) is 72.8 Å². The van der Waals surface area contributed by atoms with Gasteiger partial charge in [-0.05, 0) is 64.5 Å². The van der Waals surface area contributed by atoms with Gasteiger partial charge in [-0.1, -0.05) is 130 Å². The van der Waals surface area contributed by atoms with Gasteiger partial charge in [-0.3, -0.25) is 4.90 Å². The summed E-state index contributed by atoms with van der Waals surface area (Å²) in [5, 5.41) is 0. The highest BCUT2D eigenvalue weighted by atomic mass is 127. The van der Waals surface area contributed by atoms with Crippen molar-refractivity contribution in [3.63, 3.8) is 0 Å². The van der Waals surface area contributed by atoms with Crippen molar-refractivity contribution in [2.75, 3.05) is 0 Å². The van der Waals surface area contributed by atoms with Crippen molar-refractivity contribution in [3.8, 4) is 0 Å². The van der Waals surface area contributed by atoms with E-state index < -0.39 is 0 Å². The largest absolute Gasteiger partial charge is 0.291 e. The van der Waals surface area contributed by atoms with Crippen molar-refractivity contribution in [3.05, 3.63) is 106 Å². The van der Waals surface area contributed by atoms with Gasteiger partial charge in [0.25, 0.3) is 0 Å². The maximum atomic E-state index is 2.57. The molecule has 1 unspecified atom stereocenters. The van der Waals surface area contributed by atoms with Crippen LogP contribution in [0.4, 0.5) is 0 Å². The smallest absolute Gasteiger partial charge is 0.0240 e. The fourth-order valence-corrected chi connectivity index (χ4v) is 5.06. The van der Waals surface area contributed by atoms with Crippen molar-refractivity contribution < 1.29 is 0 Å². The van der Waals surface area contributed by atoms with E-state index in [1.807, 2.05) is 0 Å². The monoisotopic (exact) mass is 567 g/mol. The summed E-state index contributed by atoms with van der Waals surface area (Å²) in [4.78, 5) is 2.57. The average Bonchev–Trinajstić information content (AvgIpc) is 2.77. The molecule has 1 atom stereocenters. The molecular weight excluding hydrogens is 525 g/mol. The molecule has 0 aliphatic carbocycles. The zero-order chi connectivity index (χ0) is 24.5. The molecule has 0 saturated carbocycles. The Morgan fingerprint density at radius 1 is 0.471 bits per heavy atom. The summed E-state index contributed by atoms with van der Waals surface area (Å²) in [5.74, 6) is 1.39. The molecule has 2 heteroatoms. The summed E-state index contributed by atoms with van der Waals surface area (Å²) in [6.45, 7) is 14.3. The van der Waals surface area contributed by atoms with Crippen LogP contribution in [-0.4, -0.2) is 8.82 Å². The Hall–Kier alpha value is -1.65. The maximum absolute atomic E-state index is 2.57. The molecule has 0 fully saturated rings. The topological polar surface area (TPSA) is 3.24 Å². The lowest BCUT2D eigenvalue weighted by Gasteiger charge is -2.23. The lowest BCUT2D eigenvalue weighted by atomic mass is 10.0. The molecule has 3 rings (SSSR count). The van der Waals surface area contributed by atoms with Crippen LogP contribution in [0.2, 0.25) is 0 Å². The summed E-state index contributed by atoms with van der Waals surface area (Å²) in [7, 11) is 0. The third-order valence-corrected chi connectivity index (χ3v) is 6.53. The molecule has 0 N–H and O–H groups in total. The van der Waals surface area contributed by atoms with Crippen LogP contribution in [0.5, 0.6) is 0 Å². The first kappa shape index (κ1) is 26.9. The predicted octanol–water partition coefficient (Wildman–Crippen LogP) is 8.65. The molecule has 182 valence electrons. The van der Waals surface area contributed by atoms with Gasteiger partial charge < -0.3 is 0 Å². The van der Waals surface area contributed by atoms with Crippen LogP contribution < -0.4 is 0 Å². The summed E-state index contributed by atoms with van der Waals surface area (Å²) in [5.41, 5.74) is 8.47. The van der Waals surface area contributed by atoms with Gasteiger partial charge in [0.15, 0.2) is 0 Å². The number of rotatable bonds is 12. The second kappa shape index (κ2) is 13.4. The second-order valence-electron chi connectivity index (χ2n) is 10.8. The van der Waals surface area contributed by atoms with E-state index in [-0.39, 0.29) is 0 Å². The Morgan fingerprint density at radius 2 is 0.735 bits per heavy atom. The van der Waals surface area contributed by atoms with Crippen LogP contribution in [-0.2, 0) is 38.9 Å². The van der Waals surface area contributed by atoms with Gasteiger partial charge in [0.2, 0.25) is 0 Å². The molecule has 34 heavy (non-hydrogen) atoms. The van der Waals surface area contributed by atoms with Crippen molar-refractivity contribution in [1.29, 1.82) is 0 Å². The molecule has 0 radical (unpaired) electrons. The zero-order valence-corrected chi connectivity index (χ0v) is 23.9. The highest BCUT2D eigenvalue weighted by Crippen LogP contribution is 2.19. The summed E-state index contributed by atoms with van der Waals surface area (Å²) in [6.07, 6.45) is 3.43. The number of hydrogen-bond donors (Lipinski definition) is 0. The summed E-state index contributed by atoms with van der Waals surface area (Å²) < 4.78 is 0.664. The standard InChI is InChI=1S/C32H42IN/c1-24(2)18-27-6-12-30(13-7-27)21-34(22-31-14-8-28(9-15-31)19-25(3)4)23-32-16-10-29(11-17-32)20-26(5)33/h6-17,24-26H,18-23H2,1-5H3. The van der Waals surface area contributed by atoms with Crippen molar-refractivity contribution >= 4 is 22.6 Å². The highest BCUT2D eigenvalue weighted by molar-refractivity contribution is 14.1. The first-order valence-electron chi connectivity index (χ1n) is 12.9. The average molecular weight is 568 g/mol. The number of benzene rings is 3. The number of halogens is 1. The number of hydrogen-bond acceptors (Lipinski definition) is 1. The third kappa shape index (κ3) is 9.54. The van der Waals surface area contributed by atoms with Crippen molar-refractivity contribution in [2.45, 2.75) is 77.4 Å². The molecule has 1 nitrogen and oxygen atoms in total. The van der Waals surface area contributed by atoms with Gasteiger partial charge in [-0.2, -0.15) is 0 Å². The van der Waals surface area contributed by atoms with Crippen LogP contribution in [0, 0.1) is 11.8 Å². The molecule has 0 amide bonds. The molecule has 0 spiro atoms. The van der Waals surface area contributed by atoms with E-state index in [0.29, 0.717) is 15.8 Å². The molecule has 0 heterocycles. The van der Waals surface area contributed by atoms with Crippen molar-refractivity contribution in [1.82, 2.24) is 4.90 Å². The summed E-state index contributed by atoms with van der Waals surface area (Å²) >= 11 is 2.51. The van der Waals surface area contributed by atoms with Gasteiger partial charge in [0.1, 0.15) is 0 Å². The Kier molecular flexibility index (Phi) is 10.7. The van der Waals surface area contributed by atoms with E-state index >= 15 is 0 Å². The van der Waals surface area contributed by atoms with Crippen LogP contribution in [0.1, 0.15) is 68.0 Å². The van der Waals surface area contributed by atoms with Gasteiger partial charge >= 0.3 is 0 Å². The Balaban J connectivity index is 1.73. The number of alkyl halides is 1. The molecule has 3 aromatic rings. The van der Waals surface area contributed by atoms with E-state index in [0.717, 1.165) is 38.9 Å². The predicted molar refractivity (Wildman–Crippen MR) is 157 cm³/mol. The Morgan fingerprint density at radius 3 is 1.00 bits per heavy atom. The minimum atomic E-state index is 0.664. The fraction of sp³-hybridized carbons (Fsp3) is 0.438. The van der Waals surface area contributed by atoms with E-state index in [4.69, 9.17) is 0 Å². The van der Waals surface area contributed by atoms with Crippen molar-refractivity contribution in [2.24, 2.45) is 11.8 Å². The Bertz CT molecular complexity index is 837. The fourth-order valence-electron chi connectivity index (χ4n) is 4.55. The number of nitrogens with zero attached hydrogens (tertiary/aromatic N) is 1. The van der Waals surface area contributed by atoms with E-state index in [2.05, 4.69) is 135 Å². The maximum Gasteiger partial charge on any atom is 0.0240 e. The quantitative estimate of drug-likeness (QED) is 0.156. The van der Waals surface area contributed by atoms with E-state index in [1.165, 1.54) is 33.4 Å². The molecular formula is C32H42IN. The minimum absolute atomic E-state index is 0.664. The van der Waals surface area contributed by atoms with Crippen LogP contribution in [0.25, 0.3) is 0 Å². The SMILES string of the molecule is CC(C)Cc1ccc(CN(Cc2ccc(CC(C)C)cc2)Cc2ccc(CC(C)I)cc2)cc1. The first-order chi connectivity index (χ1) is 16.3. The molecule has 0 aromatic heterocycles. The van der Waals surface area contributed by atoms with Gasteiger partial charge in [0.05, 0.1) is 0 Å². The first-order valence-corrected chi connectivity index (χ1v) is 14.1. The van der Waals surface area contributed by atoms with E-state index in [9.17, 15) is 0 Å². The minimum Gasteiger partial charge on any atom is -0.291 e. The van der Waals surface area contributed by atoms with Gasteiger partial charge in [-0.25, -0.2) is 0 Å². The second-order valence-corrected chi connectivity index (χ2v) is 12.9. The normalized spacial score (nSPS) is 12.6. The summed E-state index contributed by atoms with van der Waals surface area (Å²) in [6, 6.07) is 27.8. The third-order valence-electron chi connectivity index (χ3n) is 6.09. The molecule has 3 aromatic carbocycles. The van der Waals surface area contributed by atoms with Gasteiger partial charge in [-0.15, -0.1) is 0 Å². The molecule has 0 bridgehead atoms. The van der Waals surface area contributed by atoms with Crippen LogP contribution in [0.3, 0.4) is 0 Å². The van der Waals surface area contributed by atoms with Crippen LogP contribution >= 0.6 is 22.6 Å². The van der Waals surface area contributed by atoms with Gasteiger partial charge in [0, 0.05) is 23.6 Å². The Labute approximate surface area is 222 Å². The lowest BCUT2D eigenvalue weighted by Crippen LogP contribution is -2.22. The zero-order valence-electron chi connectivity index (χ0n) is 21.7. The van der Waals surface area contributed by atoms with E-state index in [1.54, 1.807) is 0 Å². The molecule has 0 aliphatic rings. The highest BCUT2D eigenvalue weighted by Gasteiger charge is 2.10.